The molecule has 0 aromatic carbocycles. The van der Waals surface area contributed by atoms with Crippen molar-refractivity contribution in [2.75, 3.05) is 0 Å². The zero-order chi connectivity index (χ0) is 27.7. The van der Waals surface area contributed by atoms with E-state index in [1.807, 2.05) is 0 Å². The van der Waals surface area contributed by atoms with Gasteiger partial charge in [0.15, 0.2) is 5.60 Å². The second kappa shape index (κ2) is 12.5. The first-order valence-electron chi connectivity index (χ1n) is 11.4. The van der Waals surface area contributed by atoms with Gasteiger partial charge in [0.2, 0.25) is 10.8 Å². The molecule has 200 valence electrons. The van der Waals surface area contributed by atoms with Crippen LogP contribution >= 0.6 is 0 Å². The highest BCUT2D eigenvalue weighted by molar-refractivity contribution is 6.16. The number of aliphatic hydroxyl groups excluding tert-OH is 1. The van der Waals surface area contributed by atoms with Gasteiger partial charge in [-0.05, 0) is 12.5 Å². The van der Waals surface area contributed by atoms with Gasteiger partial charge in [0.1, 0.15) is 0 Å². The van der Waals surface area contributed by atoms with Gasteiger partial charge in [-0.15, -0.1) is 0 Å². The van der Waals surface area contributed by atoms with Gasteiger partial charge >= 0.3 is 29.8 Å². The van der Waals surface area contributed by atoms with Gasteiger partial charge < -0.3 is 35.7 Å². The minimum Gasteiger partial charge on any atom is -0.480 e. The van der Waals surface area contributed by atoms with Gasteiger partial charge in [-0.25, -0.2) is 4.79 Å². The molecule has 0 radical (unpaired) electrons. The van der Waals surface area contributed by atoms with Crippen LogP contribution in [-0.4, -0.2) is 77.3 Å². The molecule has 1 aliphatic rings. The summed E-state index contributed by atoms with van der Waals surface area (Å²) in [5.74, 6) is -14.4. The topological polar surface area (TPSA) is 227 Å². The van der Waals surface area contributed by atoms with Crippen LogP contribution in [0.5, 0.6) is 0 Å². The summed E-state index contributed by atoms with van der Waals surface area (Å²) in [6.07, 6.45) is 9.61. The van der Waals surface area contributed by atoms with Crippen molar-refractivity contribution in [3.8, 4) is 0 Å². The molecule has 36 heavy (non-hydrogen) atoms. The molecular weight excluding hydrogens is 480 g/mol. The Morgan fingerprint density at radius 3 is 1.78 bits per heavy atom. The van der Waals surface area contributed by atoms with E-state index < -0.39 is 58.3 Å². The third kappa shape index (κ3) is 5.49. The molecule has 0 aliphatic heterocycles. The van der Waals surface area contributed by atoms with Crippen LogP contribution in [0.15, 0.2) is 36.5 Å². The maximum Gasteiger partial charge on any atom is 0.340 e. The van der Waals surface area contributed by atoms with Gasteiger partial charge in [-0.3, -0.25) is 19.2 Å². The van der Waals surface area contributed by atoms with Crippen molar-refractivity contribution in [3.63, 3.8) is 0 Å². The number of carboxylic acid groups (broad SMARTS) is 5. The first-order chi connectivity index (χ1) is 16.8. The molecule has 0 fully saturated rings. The Morgan fingerprint density at radius 1 is 0.778 bits per heavy atom. The first-order valence-corrected chi connectivity index (χ1v) is 11.4. The first kappa shape index (κ1) is 30.5. The summed E-state index contributed by atoms with van der Waals surface area (Å²) in [6.45, 7) is 2.09. The molecule has 12 heteroatoms. The molecule has 0 amide bonds. The van der Waals surface area contributed by atoms with E-state index in [2.05, 4.69) is 6.92 Å². The Labute approximate surface area is 206 Å². The highest BCUT2D eigenvalue weighted by Crippen LogP contribution is 2.55. The Morgan fingerprint density at radius 2 is 1.31 bits per heavy atom. The lowest BCUT2D eigenvalue weighted by molar-refractivity contribution is -0.205. The molecule has 0 spiro atoms. The van der Waals surface area contributed by atoms with Crippen LogP contribution in [0.25, 0.3) is 0 Å². The van der Waals surface area contributed by atoms with Gasteiger partial charge in [0, 0.05) is 5.92 Å². The van der Waals surface area contributed by atoms with Crippen LogP contribution < -0.4 is 0 Å². The van der Waals surface area contributed by atoms with Gasteiger partial charge in [0.05, 0.1) is 6.10 Å². The zero-order valence-electron chi connectivity index (χ0n) is 19.7. The minimum atomic E-state index is -3.87. The standard InChI is InChI=1S/C24H32O12/c1-2-3-4-5-6-7-10-15(25)11-8-9-12-16-23(36,19(30)31)14-13-22(17(26)27,18(28)29)24(16,20(32)33)21(34)35/h8-9,11-16,25,36H,2-7,10H2,1H3,(H,26,27)(H,28,29)(H,30,31)(H,32,33)(H,34,35)/b11-8+,12-9+/t15?,16-,23-/m1/s1. The van der Waals surface area contributed by atoms with Crippen molar-refractivity contribution in [1.82, 2.24) is 0 Å². The largest absolute Gasteiger partial charge is 0.480 e. The van der Waals surface area contributed by atoms with Crippen LogP contribution in [0.1, 0.15) is 51.9 Å². The fourth-order valence-electron chi connectivity index (χ4n) is 4.42. The van der Waals surface area contributed by atoms with Gasteiger partial charge in [0.25, 0.3) is 0 Å². The lowest BCUT2D eigenvalue weighted by Crippen LogP contribution is -2.70. The van der Waals surface area contributed by atoms with Crippen LogP contribution in [0.4, 0.5) is 0 Å². The normalized spacial score (nSPS) is 23.5. The average molecular weight is 513 g/mol. The van der Waals surface area contributed by atoms with E-state index in [0.717, 1.165) is 44.3 Å². The number of rotatable bonds is 15. The molecule has 3 atom stereocenters. The van der Waals surface area contributed by atoms with Crippen LogP contribution in [-0.2, 0) is 24.0 Å². The van der Waals surface area contributed by atoms with Crippen molar-refractivity contribution in [2.24, 2.45) is 16.7 Å². The second-order valence-corrected chi connectivity index (χ2v) is 8.67. The quantitative estimate of drug-likeness (QED) is 0.0717. The number of hydrogen-bond acceptors (Lipinski definition) is 7. The molecule has 0 heterocycles. The smallest absolute Gasteiger partial charge is 0.340 e. The van der Waals surface area contributed by atoms with Crippen molar-refractivity contribution in [3.05, 3.63) is 36.5 Å². The fraction of sp³-hybridized carbons (Fsp3) is 0.542. The van der Waals surface area contributed by atoms with Crippen molar-refractivity contribution >= 4 is 29.8 Å². The van der Waals surface area contributed by atoms with Crippen LogP contribution in [0, 0.1) is 16.7 Å². The summed E-state index contributed by atoms with van der Waals surface area (Å²) < 4.78 is 0. The summed E-state index contributed by atoms with van der Waals surface area (Å²) in [7, 11) is 0. The summed E-state index contributed by atoms with van der Waals surface area (Å²) in [6, 6.07) is 0. The summed E-state index contributed by atoms with van der Waals surface area (Å²) >= 11 is 0. The van der Waals surface area contributed by atoms with E-state index in [0.29, 0.717) is 18.9 Å². The Kier molecular flexibility index (Phi) is 10.6. The highest BCUT2D eigenvalue weighted by atomic mass is 16.4. The van der Waals surface area contributed by atoms with Crippen molar-refractivity contribution < 1.29 is 59.7 Å². The van der Waals surface area contributed by atoms with Crippen LogP contribution in [0.3, 0.4) is 0 Å². The van der Waals surface area contributed by atoms with E-state index >= 15 is 0 Å². The maximum absolute atomic E-state index is 12.3. The predicted molar refractivity (Wildman–Crippen MR) is 123 cm³/mol. The monoisotopic (exact) mass is 512 g/mol. The fourth-order valence-corrected chi connectivity index (χ4v) is 4.42. The van der Waals surface area contributed by atoms with Gasteiger partial charge in [-0.1, -0.05) is 75.8 Å². The molecule has 1 aliphatic carbocycles. The molecule has 0 aromatic heterocycles. The summed E-state index contributed by atoms with van der Waals surface area (Å²) in [5.41, 5.74) is -10.8. The van der Waals surface area contributed by atoms with Crippen molar-refractivity contribution in [2.45, 2.75) is 63.6 Å². The SMILES string of the molecule is CCCCCCCCC(O)/C=C/C=C/[C@H]1C(C(=O)O)(C(=O)O)C(C(=O)O)(C(=O)O)C=C[C@]1(O)C(=O)O. The number of aliphatic carboxylic acids is 5. The Bertz CT molecular complexity index is 919. The number of allylic oxidation sites excluding steroid dienone is 2. The van der Waals surface area contributed by atoms with Crippen LogP contribution in [0.2, 0.25) is 0 Å². The Balaban J connectivity index is 3.44. The molecule has 0 aromatic rings. The van der Waals surface area contributed by atoms with Gasteiger partial charge in [-0.2, -0.15) is 0 Å². The molecule has 0 saturated carbocycles. The molecular formula is C24H32O12. The highest BCUT2D eigenvalue weighted by Gasteiger charge is 2.78. The average Bonchev–Trinajstić information content (AvgIpc) is 2.78. The number of hydrogen-bond donors (Lipinski definition) is 7. The number of carbonyl (C=O) groups is 5. The van der Waals surface area contributed by atoms with E-state index in [1.54, 1.807) is 0 Å². The number of aliphatic hydroxyl groups is 2. The molecule has 1 unspecified atom stereocenters. The minimum absolute atomic E-state index is 0.0679. The zero-order valence-corrected chi connectivity index (χ0v) is 19.7. The Hall–Kier alpha value is -3.51. The van der Waals surface area contributed by atoms with E-state index in [4.69, 9.17) is 0 Å². The summed E-state index contributed by atoms with van der Waals surface area (Å²) in [4.78, 5) is 60.4. The summed E-state index contributed by atoms with van der Waals surface area (Å²) in [5, 5.41) is 69.4. The molecule has 0 bridgehead atoms. The molecule has 12 nitrogen and oxygen atoms in total. The number of unbranched alkanes of at least 4 members (excludes halogenated alkanes) is 5. The second-order valence-electron chi connectivity index (χ2n) is 8.67. The third-order valence-corrected chi connectivity index (χ3v) is 6.44. The lowest BCUT2D eigenvalue weighted by atomic mass is 9.49. The third-order valence-electron chi connectivity index (χ3n) is 6.44. The molecule has 0 saturated heterocycles. The maximum atomic E-state index is 12.3. The molecule has 7 N–H and O–H groups in total. The lowest BCUT2D eigenvalue weighted by Gasteiger charge is -2.48. The number of carboxylic acids is 5. The van der Waals surface area contributed by atoms with Crippen molar-refractivity contribution in [1.29, 1.82) is 0 Å². The van der Waals surface area contributed by atoms with E-state index in [1.165, 1.54) is 6.08 Å². The molecule has 1 rings (SSSR count). The predicted octanol–water partition coefficient (Wildman–Crippen LogP) is 1.52. The van der Waals surface area contributed by atoms with E-state index in [9.17, 15) is 59.7 Å². The van der Waals surface area contributed by atoms with E-state index in [-0.39, 0.29) is 12.2 Å².